The van der Waals surface area contributed by atoms with Crippen molar-refractivity contribution < 1.29 is 9.90 Å². The summed E-state index contributed by atoms with van der Waals surface area (Å²) in [4.78, 5) is 18.5. The van der Waals surface area contributed by atoms with Crippen LogP contribution in [-0.2, 0) is 11.3 Å². The summed E-state index contributed by atoms with van der Waals surface area (Å²) in [6.45, 7) is 4.61. The maximum Gasteiger partial charge on any atom is 0.317 e. The first-order chi connectivity index (χ1) is 9.06. The van der Waals surface area contributed by atoms with Crippen LogP contribution in [0.3, 0.4) is 0 Å². The second-order valence-electron chi connectivity index (χ2n) is 4.51. The summed E-state index contributed by atoms with van der Waals surface area (Å²) >= 11 is 3.27. The molecule has 4 nitrogen and oxygen atoms in total. The fourth-order valence-electron chi connectivity index (χ4n) is 1.70. The Morgan fingerprint density at radius 1 is 1.47 bits per heavy atom. The summed E-state index contributed by atoms with van der Waals surface area (Å²) in [5, 5.41) is 13.9. The lowest BCUT2D eigenvalue weighted by molar-refractivity contribution is -0.138. The Kier molecular flexibility index (Phi) is 4.68. The number of nitrogens with zero attached hydrogens (tertiary/aromatic N) is 2. The lowest BCUT2D eigenvalue weighted by atomic mass is 10.3. The monoisotopic (exact) mass is 296 g/mol. The fourth-order valence-corrected chi connectivity index (χ4v) is 3.32. The van der Waals surface area contributed by atoms with E-state index in [0.717, 1.165) is 15.6 Å². The third-order valence-corrected chi connectivity index (χ3v) is 4.65. The number of carboxylic acids is 1. The first kappa shape index (κ1) is 14.2. The number of rotatable bonds is 6. The number of hydrogen-bond acceptors (Lipinski definition) is 5. The topological polar surface area (TPSA) is 53.4 Å². The van der Waals surface area contributed by atoms with Crippen LogP contribution >= 0.6 is 22.7 Å². The van der Waals surface area contributed by atoms with Crippen molar-refractivity contribution in [3.8, 4) is 9.88 Å². The second-order valence-corrected chi connectivity index (χ2v) is 6.32. The molecule has 0 saturated carbocycles. The molecular formula is C13H16N2O2S2. The predicted molar refractivity (Wildman–Crippen MR) is 78.6 cm³/mol. The van der Waals surface area contributed by atoms with Gasteiger partial charge in [-0.2, -0.15) is 0 Å². The predicted octanol–water partition coefficient (Wildman–Crippen LogP) is 3.17. The lowest BCUT2D eigenvalue weighted by Crippen LogP contribution is -2.35. The maximum absolute atomic E-state index is 10.8. The van der Waals surface area contributed by atoms with Crippen LogP contribution in [0.2, 0.25) is 0 Å². The molecule has 2 aromatic rings. The molecule has 0 spiro atoms. The van der Waals surface area contributed by atoms with E-state index < -0.39 is 5.97 Å². The molecule has 2 heterocycles. The van der Waals surface area contributed by atoms with E-state index in [-0.39, 0.29) is 12.6 Å². The molecule has 102 valence electrons. The lowest BCUT2D eigenvalue weighted by Gasteiger charge is -2.23. The van der Waals surface area contributed by atoms with Crippen molar-refractivity contribution in [2.24, 2.45) is 0 Å². The number of aromatic nitrogens is 1. The average molecular weight is 296 g/mol. The van der Waals surface area contributed by atoms with Gasteiger partial charge in [0.2, 0.25) is 0 Å². The Bertz CT molecular complexity index is 535. The van der Waals surface area contributed by atoms with Gasteiger partial charge in [-0.15, -0.1) is 22.7 Å². The number of thiazole rings is 1. The highest BCUT2D eigenvalue weighted by Crippen LogP contribution is 2.28. The Balaban J connectivity index is 2.08. The van der Waals surface area contributed by atoms with Gasteiger partial charge in [0.15, 0.2) is 0 Å². The first-order valence-electron chi connectivity index (χ1n) is 6.00. The van der Waals surface area contributed by atoms with Crippen molar-refractivity contribution in [2.75, 3.05) is 6.54 Å². The molecule has 0 aliphatic carbocycles. The second kappa shape index (κ2) is 6.27. The molecule has 19 heavy (non-hydrogen) atoms. The minimum absolute atomic E-state index is 0.0452. The molecule has 0 aromatic carbocycles. The van der Waals surface area contributed by atoms with Crippen LogP contribution in [0, 0.1) is 0 Å². The molecule has 0 atom stereocenters. The van der Waals surface area contributed by atoms with E-state index in [0.29, 0.717) is 6.54 Å². The van der Waals surface area contributed by atoms with Gasteiger partial charge in [0, 0.05) is 18.0 Å². The summed E-state index contributed by atoms with van der Waals surface area (Å²) < 4.78 is 0. The van der Waals surface area contributed by atoms with E-state index >= 15 is 0 Å². The standard InChI is InChI=1S/C13H16N2O2S2/c1-9(2)15(7-12(16)17)6-10-8-19-13(14-10)11-4-3-5-18-11/h3-5,8-9H,6-7H2,1-2H3,(H,16,17). The minimum Gasteiger partial charge on any atom is -0.480 e. The van der Waals surface area contributed by atoms with Crippen LogP contribution in [-0.4, -0.2) is 33.5 Å². The average Bonchev–Trinajstić information content (AvgIpc) is 2.97. The van der Waals surface area contributed by atoms with Gasteiger partial charge in [-0.05, 0) is 25.3 Å². The zero-order valence-corrected chi connectivity index (χ0v) is 12.5. The highest BCUT2D eigenvalue weighted by molar-refractivity contribution is 7.20. The zero-order valence-electron chi connectivity index (χ0n) is 10.9. The quantitative estimate of drug-likeness (QED) is 0.889. The molecule has 0 amide bonds. The van der Waals surface area contributed by atoms with E-state index in [4.69, 9.17) is 5.11 Å². The molecule has 1 N–H and O–H groups in total. The van der Waals surface area contributed by atoms with Gasteiger partial charge in [0.1, 0.15) is 5.01 Å². The molecule has 0 saturated heterocycles. The molecular weight excluding hydrogens is 280 g/mol. The van der Waals surface area contributed by atoms with Crippen molar-refractivity contribution >= 4 is 28.6 Å². The van der Waals surface area contributed by atoms with Crippen molar-refractivity contribution in [1.29, 1.82) is 0 Å². The zero-order chi connectivity index (χ0) is 13.8. The van der Waals surface area contributed by atoms with Crippen LogP contribution in [0.5, 0.6) is 0 Å². The smallest absolute Gasteiger partial charge is 0.317 e. The van der Waals surface area contributed by atoms with Gasteiger partial charge >= 0.3 is 5.97 Å². The van der Waals surface area contributed by atoms with Crippen LogP contribution in [0.1, 0.15) is 19.5 Å². The van der Waals surface area contributed by atoms with Crippen molar-refractivity contribution in [3.05, 3.63) is 28.6 Å². The van der Waals surface area contributed by atoms with E-state index in [1.807, 2.05) is 41.6 Å². The third-order valence-electron chi connectivity index (χ3n) is 2.72. The third kappa shape index (κ3) is 3.86. The van der Waals surface area contributed by atoms with Crippen molar-refractivity contribution in [3.63, 3.8) is 0 Å². The molecule has 0 aliphatic heterocycles. The molecule has 0 fully saturated rings. The van der Waals surface area contributed by atoms with Crippen LogP contribution in [0.15, 0.2) is 22.9 Å². The molecule has 0 bridgehead atoms. The molecule has 2 aromatic heterocycles. The van der Waals surface area contributed by atoms with Crippen LogP contribution < -0.4 is 0 Å². The molecule has 6 heteroatoms. The fraction of sp³-hybridized carbons (Fsp3) is 0.385. The van der Waals surface area contributed by atoms with Crippen molar-refractivity contribution in [1.82, 2.24) is 9.88 Å². The Morgan fingerprint density at radius 2 is 2.26 bits per heavy atom. The summed E-state index contributed by atoms with van der Waals surface area (Å²) in [6.07, 6.45) is 0. The summed E-state index contributed by atoms with van der Waals surface area (Å²) in [5.41, 5.74) is 0.934. The highest BCUT2D eigenvalue weighted by Gasteiger charge is 2.15. The van der Waals surface area contributed by atoms with Gasteiger partial charge in [0.25, 0.3) is 0 Å². The van der Waals surface area contributed by atoms with Gasteiger partial charge in [-0.1, -0.05) is 6.07 Å². The summed E-state index contributed by atoms with van der Waals surface area (Å²) in [6, 6.07) is 4.24. The number of carbonyl (C=O) groups is 1. The van der Waals surface area contributed by atoms with E-state index in [1.165, 1.54) is 0 Å². The van der Waals surface area contributed by atoms with E-state index in [9.17, 15) is 4.79 Å². The summed E-state index contributed by atoms with van der Waals surface area (Å²) in [5.74, 6) is -0.803. The van der Waals surface area contributed by atoms with Gasteiger partial charge in [-0.25, -0.2) is 4.98 Å². The molecule has 0 radical (unpaired) electrons. The van der Waals surface area contributed by atoms with Gasteiger partial charge in [0.05, 0.1) is 17.1 Å². The van der Waals surface area contributed by atoms with Crippen LogP contribution in [0.4, 0.5) is 0 Å². The number of carboxylic acid groups (broad SMARTS) is 1. The first-order valence-corrected chi connectivity index (χ1v) is 7.76. The van der Waals surface area contributed by atoms with Crippen molar-refractivity contribution in [2.45, 2.75) is 26.4 Å². The number of aliphatic carboxylic acids is 1. The Hall–Kier alpha value is -1.24. The van der Waals surface area contributed by atoms with Crippen LogP contribution in [0.25, 0.3) is 9.88 Å². The summed E-state index contributed by atoms with van der Waals surface area (Å²) in [7, 11) is 0. The normalized spacial score (nSPS) is 11.4. The minimum atomic E-state index is -0.803. The number of thiophene rings is 1. The number of hydrogen-bond donors (Lipinski definition) is 1. The highest BCUT2D eigenvalue weighted by atomic mass is 32.1. The van der Waals surface area contributed by atoms with Gasteiger partial charge < -0.3 is 5.11 Å². The van der Waals surface area contributed by atoms with Gasteiger partial charge in [-0.3, -0.25) is 9.69 Å². The van der Waals surface area contributed by atoms with E-state index in [1.54, 1.807) is 22.7 Å². The SMILES string of the molecule is CC(C)N(CC(=O)O)Cc1csc(-c2cccs2)n1. The largest absolute Gasteiger partial charge is 0.480 e. The Labute approximate surface area is 120 Å². The molecule has 0 unspecified atom stereocenters. The Morgan fingerprint density at radius 3 is 2.84 bits per heavy atom. The molecule has 2 rings (SSSR count). The molecule has 0 aliphatic rings. The maximum atomic E-state index is 10.8. The van der Waals surface area contributed by atoms with E-state index in [2.05, 4.69) is 4.98 Å².